The number of hydrogen-bond donors (Lipinski definition) is 0. The Morgan fingerprint density at radius 1 is 0.465 bits per heavy atom. The van der Waals surface area contributed by atoms with Crippen LogP contribution in [0.4, 0.5) is 0 Å². The smallest absolute Gasteiger partial charge is 0.135 e. The Balaban J connectivity index is 1.47. The van der Waals surface area contributed by atoms with Crippen LogP contribution in [0.2, 0.25) is 0 Å². The molecule has 0 N–H and O–H groups in total. The highest BCUT2D eigenvalue weighted by atomic mass is 16.5. The Labute approximate surface area is 254 Å². The zero-order chi connectivity index (χ0) is 29.8. The molecule has 3 nitrogen and oxygen atoms in total. The Kier molecular flexibility index (Phi) is 8.06. The summed E-state index contributed by atoms with van der Waals surface area (Å²) in [5.41, 5.74) is 11.5. The number of rotatable bonds is 8. The van der Waals surface area contributed by atoms with E-state index in [2.05, 4.69) is 105 Å². The molecule has 0 bridgehead atoms. The van der Waals surface area contributed by atoms with Gasteiger partial charge in [0.2, 0.25) is 0 Å². The van der Waals surface area contributed by atoms with Gasteiger partial charge >= 0.3 is 0 Å². The van der Waals surface area contributed by atoms with E-state index in [9.17, 15) is 0 Å². The van der Waals surface area contributed by atoms with Crippen molar-refractivity contribution in [3.63, 3.8) is 0 Å². The molecule has 43 heavy (non-hydrogen) atoms. The minimum atomic E-state index is 0.796. The number of nitrogens with zero attached hydrogens (tertiary/aromatic N) is 1. The fraction of sp³-hybridized carbons (Fsp3) is 0.125. The first-order chi connectivity index (χ1) is 20.9. The van der Waals surface area contributed by atoms with E-state index in [0.29, 0.717) is 0 Å². The molecule has 1 heterocycles. The quantitative estimate of drug-likeness (QED) is 0.185. The van der Waals surface area contributed by atoms with E-state index in [1.54, 1.807) is 0 Å². The average Bonchev–Trinajstić information content (AvgIpc) is 3.02. The minimum absolute atomic E-state index is 0.796. The molecular formula is C40H35NO2. The zero-order valence-corrected chi connectivity index (χ0v) is 25.1. The molecule has 6 rings (SSSR count). The van der Waals surface area contributed by atoms with Crippen molar-refractivity contribution < 1.29 is 9.47 Å². The number of aryl methyl sites for hydroxylation is 4. The number of aromatic nitrogens is 1. The molecule has 0 aliphatic heterocycles. The SMILES string of the molecule is Cc1ccc(Oc2ccc(C)cc2-c2cc(Oc3ccccc3)c(-c3cc(Cc4ccncc4)ccc3C)cc2C)cc1. The second-order valence-corrected chi connectivity index (χ2v) is 11.2. The maximum absolute atomic E-state index is 6.65. The third-order valence-corrected chi connectivity index (χ3v) is 7.72. The molecule has 5 aromatic carbocycles. The maximum atomic E-state index is 6.65. The first-order valence-corrected chi connectivity index (χ1v) is 14.6. The summed E-state index contributed by atoms with van der Waals surface area (Å²) in [6, 6.07) is 39.8. The molecule has 0 amide bonds. The molecule has 0 saturated heterocycles. The Morgan fingerprint density at radius 2 is 1.12 bits per heavy atom. The van der Waals surface area contributed by atoms with E-state index in [0.717, 1.165) is 57.2 Å². The van der Waals surface area contributed by atoms with Crippen LogP contribution < -0.4 is 9.47 Å². The Bertz CT molecular complexity index is 1860. The van der Waals surface area contributed by atoms with Crippen LogP contribution in [0.15, 0.2) is 128 Å². The summed E-state index contributed by atoms with van der Waals surface area (Å²) in [5.74, 6) is 3.22. The van der Waals surface area contributed by atoms with Gasteiger partial charge in [0.25, 0.3) is 0 Å². The first kappa shape index (κ1) is 28.0. The number of ether oxygens (including phenoxy) is 2. The standard InChI is InChI=1S/C40H35NO2/c1-27-10-15-34(16-11-27)42-39-17-12-28(2)22-37(39)36-26-40(43-33-8-6-5-7-9-33)38(23-30(36)4)35-25-32(14-13-29(35)3)24-31-18-20-41-21-19-31/h5-23,25-26H,24H2,1-4H3. The molecule has 1 aromatic heterocycles. The van der Waals surface area contributed by atoms with Crippen LogP contribution in [0.1, 0.15) is 33.4 Å². The molecule has 212 valence electrons. The summed E-state index contributed by atoms with van der Waals surface area (Å²) in [5, 5.41) is 0. The van der Waals surface area contributed by atoms with E-state index in [1.807, 2.05) is 54.9 Å². The third kappa shape index (κ3) is 6.52. The number of benzene rings is 5. The van der Waals surface area contributed by atoms with E-state index < -0.39 is 0 Å². The largest absolute Gasteiger partial charge is 0.457 e. The van der Waals surface area contributed by atoms with E-state index in [-0.39, 0.29) is 0 Å². The topological polar surface area (TPSA) is 31.4 Å². The summed E-state index contributed by atoms with van der Waals surface area (Å²) in [6.07, 6.45) is 4.53. The molecule has 0 spiro atoms. The number of hydrogen-bond acceptors (Lipinski definition) is 3. The highest BCUT2D eigenvalue weighted by Gasteiger charge is 2.18. The van der Waals surface area contributed by atoms with Gasteiger partial charge in [0.1, 0.15) is 23.0 Å². The van der Waals surface area contributed by atoms with Crippen molar-refractivity contribution in [2.24, 2.45) is 0 Å². The minimum Gasteiger partial charge on any atom is -0.457 e. The summed E-state index contributed by atoms with van der Waals surface area (Å²) in [6.45, 7) is 8.52. The number of para-hydroxylation sites is 1. The fourth-order valence-corrected chi connectivity index (χ4v) is 5.37. The molecule has 0 saturated carbocycles. The van der Waals surface area contributed by atoms with Crippen LogP contribution >= 0.6 is 0 Å². The van der Waals surface area contributed by atoms with E-state index >= 15 is 0 Å². The van der Waals surface area contributed by atoms with E-state index in [4.69, 9.17) is 9.47 Å². The molecule has 0 fully saturated rings. The maximum Gasteiger partial charge on any atom is 0.135 e. The van der Waals surface area contributed by atoms with Crippen LogP contribution in [0, 0.1) is 27.7 Å². The lowest BCUT2D eigenvalue weighted by molar-refractivity contribution is 0.482. The normalized spacial score (nSPS) is 10.9. The molecule has 6 aromatic rings. The lowest BCUT2D eigenvalue weighted by Gasteiger charge is -2.20. The lowest BCUT2D eigenvalue weighted by Crippen LogP contribution is -1.97. The van der Waals surface area contributed by atoms with Crippen molar-refractivity contribution >= 4 is 0 Å². The van der Waals surface area contributed by atoms with Gasteiger partial charge in [-0.15, -0.1) is 0 Å². The van der Waals surface area contributed by atoms with Gasteiger partial charge in [-0.3, -0.25) is 4.98 Å². The summed E-state index contributed by atoms with van der Waals surface area (Å²) in [4.78, 5) is 4.17. The predicted octanol–water partition coefficient (Wildman–Crippen LogP) is 10.8. The van der Waals surface area contributed by atoms with E-state index in [1.165, 1.54) is 27.8 Å². The van der Waals surface area contributed by atoms with Crippen molar-refractivity contribution in [1.29, 1.82) is 0 Å². The Hall–Kier alpha value is -5.15. The summed E-state index contributed by atoms with van der Waals surface area (Å²) in [7, 11) is 0. The van der Waals surface area contributed by atoms with Crippen LogP contribution in [0.3, 0.4) is 0 Å². The van der Waals surface area contributed by atoms with Gasteiger partial charge in [0, 0.05) is 23.5 Å². The summed E-state index contributed by atoms with van der Waals surface area (Å²) >= 11 is 0. The van der Waals surface area contributed by atoms with Gasteiger partial charge in [-0.1, -0.05) is 65.7 Å². The second kappa shape index (κ2) is 12.4. The highest BCUT2D eigenvalue weighted by Crippen LogP contribution is 2.43. The van der Waals surface area contributed by atoms with Gasteiger partial charge in [-0.25, -0.2) is 0 Å². The van der Waals surface area contributed by atoms with Crippen molar-refractivity contribution in [3.05, 3.63) is 161 Å². The monoisotopic (exact) mass is 561 g/mol. The van der Waals surface area contributed by atoms with Crippen LogP contribution in [0.5, 0.6) is 23.0 Å². The van der Waals surface area contributed by atoms with Gasteiger partial charge in [0.15, 0.2) is 0 Å². The van der Waals surface area contributed by atoms with Crippen molar-refractivity contribution in [2.75, 3.05) is 0 Å². The molecular weight excluding hydrogens is 526 g/mol. The number of pyridine rings is 1. The molecule has 0 unspecified atom stereocenters. The van der Waals surface area contributed by atoms with Crippen LogP contribution in [-0.2, 0) is 6.42 Å². The van der Waals surface area contributed by atoms with Crippen molar-refractivity contribution in [1.82, 2.24) is 4.98 Å². The first-order valence-electron chi connectivity index (χ1n) is 14.6. The fourth-order valence-electron chi connectivity index (χ4n) is 5.37. The zero-order valence-electron chi connectivity index (χ0n) is 25.1. The molecule has 0 atom stereocenters. The van der Waals surface area contributed by atoms with Crippen LogP contribution in [-0.4, -0.2) is 4.98 Å². The van der Waals surface area contributed by atoms with Gasteiger partial charge < -0.3 is 9.47 Å². The van der Waals surface area contributed by atoms with Gasteiger partial charge in [0.05, 0.1) is 0 Å². The van der Waals surface area contributed by atoms with Crippen molar-refractivity contribution in [2.45, 2.75) is 34.1 Å². The van der Waals surface area contributed by atoms with Crippen LogP contribution in [0.25, 0.3) is 22.3 Å². The highest BCUT2D eigenvalue weighted by molar-refractivity contribution is 5.83. The predicted molar refractivity (Wildman–Crippen MR) is 176 cm³/mol. The Morgan fingerprint density at radius 3 is 1.88 bits per heavy atom. The van der Waals surface area contributed by atoms with Gasteiger partial charge in [-0.05, 0) is 128 Å². The lowest BCUT2D eigenvalue weighted by atomic mass is 9.90. The summed E-state index contributed by atoms with van der Waals surface area (Å²) < 4.78 is 13.1. The molecule has 0 radical (unpaired) electrons. The third-order valence-electron chi connectivity index (χ3n) is 7.72. The molecule has 0 aliphatic carbocycles. The van der Waals surface area contributed by atoms with Gasteiger partial charge in [-0.2, -0.15) is 0 Å². The van der Waals surface area contributed by atoms with Crippen molar-refractivity contribution in [3.8, 4) is 45.3 Å². The average molecular weight is 562 g/mol. The molecule has 0 aliphatic rings. The second-order valence-electron chi connectivity index (χ2n) is 11.2. The molecule has 3 heteroatoms.